The van der Waals surface area contributed by atoms with Gasteiger partial charge in [0.05, 0.1) is 12.2 Å². The van der Waals surface area contributed by atoms with Crippen LogP contribution in [-0.4, -0.2) is 9.55 Å². The minimum Gasteiger partial charge on any atom is -0.318 e. The number of benzene rings is 1. The van der Waals surface area contributed by atoms with E-state index in [-0.39, 0.29) is 0 Å². The predicted molar refractivity (Wildman–Crippen MR) is 90.0 cm³/mol. The molecule has 0 amide bonds. The van der Waals surface area contributed by atoms with Crippen LogP contribution in [0.15, 0.2) is 28.3 Å². The summed E-state index contributed by atoms with van der Waals surface area (Å²) in [5, 5.41) is 4.18. The minimum atomic E-state index is 0.800. The second kappa shape index (κ2) is 5.51. The Morgan fingerprint density at radius 3 is 2.95 bits per heavy atom. The minimum absolute atomic E-state index is 0.800. The predicted octanol–water partition coefficient (Wildman–Crippen LogP) is 5.43. The van der Waals surface area contributed by atoms with E-state index in [2.05, 4.69) is 50.8 Å². The molecule has 0 fully saturated rings. The number of aryl methyl sites for hydroxylation is 1. The highest BCUT2D eigenvalue weighted by Crippen LogP contribution is 2.33. The van der Waals surface area contributed by atoms with Crippen molar-refractivity contribution in [2.45, 2.75) is 26.8 Å². The monoisotopic (exact) mass is 368 g/mol. The van der Waals surface area contributed by atoms with Gasteiger partial charge in [0.1, 0.15) is 0 Å². The van der Waals surface area contributed by atoms with Crippen LogP contribution in [0.4, 0.5) is 0 Å². The number of hydrogen-bond donors (Lipinski definition) is 0. The van der Waals surface area contributed by atoms with Gasteiger partial charge in [-0.05, 0) is 52.4 Å². The molecule has 2 aromatic heterocycles. The number of nitrogens with zero attached hydrogens (tertiary/aromatic N) is 2. The van der Waals surface area contributed by atoms with E-state index in [1.165, 1.54) is 21.3 Å². The molecule has 0 aliphatic carbocycles. The Morgan fingerprint density at radius 2 is 2.20 bits per heavy atom. The average Bonchev–Trinajstić information content (AvgIpc) is 2.93. The van der Waals surface area contributed by atoms with Crippen molar-refractivity contribution in [1.29, 1.82) is 0 Å². The van der Waals surface area contributed by atoms with Crippen LogP contribution in [-0.2, 0) is 13.0 Å². The Kier molecular flexibility index (Phi) is 3.89. The largest absolute Gasteiger partial charge is 0.318 e. The van der Waals surface area contributed by atoms with Crippen LogP contribution in [0.1, 0.15) is 23.9 Å². The number of thiophene rings is 1. The van der Waals surface area contributed by atoms with Gasteiger partial charge in [-0.15, -0.1) is 11.3 Å². The Hall–Kier alpha value is -0.840. The standard InChI is InChI=1S/C15H14BrClN2S/c1-3-12-9(2)18-15(16)19(12)7-10-8-20-13-6-4-5-11(17)14(10)13/h4-6,8H,3,7H2,1-2H3. The quantitative estimate of drug-likeness (QED) is 0.601. The van der Waals surface area contributed by atoms with Crippen LogP contribution in [0.2, 0.25) is 5.02 Å². The first kappa shape index (κ1) is 14.1. The summed E-state index contributed by atoms with van der Waals surface area (Å²) in [7, 11) is 0. The maximum absolute atomic E-state index is 6.36. The second-order valence-corrected chi connectivity index (χ2v) is 6.75. The molecule has 1 aromatic carbocycles. The zero-order valence-corrected chi connectivity index (χ0v) is 14.4. The van der Waals surface area contributed by atoms with E-state index in [0.717, 1.165) is 28.4 Å². The molecular formula is C15H14BrClN2S. The molecule has 5 heteroatoms. The van der Waals surface area contributed by atoms with Gasteiger partial charge in [0, 0.05) is 20.8 Å². The van der Waals surface area contributed by atoms with E-state index in [0.29, 0.717) is 0 Å². The van der Waals surface area contributed by atoms with Gasteiger partial charge in [-0.1, -0.05) is 24.6 Å². The number of halogens is 2. The number of imidazole rings is 1. The fourth-order valence-electron chi connectivity index (χ4n) is 2.57. The normalized spacial score (nSPS) is 11.4. The number of aromatic nitrogens is 2. The molecule has 0 bridgehead atoms. The molecule has 3 rings (SSSR count). The van der Waals surface area contributed by atoms with Gasteiger partial charge >= 0.3 is 0 Å². The van der Waals surface area contributed by atoms with Crippen LogP contribution in [0.3, 0.4) is 0 Å². The van der Waals surface area contributed by atoms with E-state index >= 15 is 0 Å². The average molecular weight is 370 g/mol. The lowest BCUT2D eigenvalue weighted by molar-refractivity contribution is 0.732. The lowest BCUT2D eigenvalue weighted by atomic mass is 10.1. The van der Waals surface area contributed by atoms with Crippen molar-refractivity contribution < 1.29 is 0 Å². The molecule has 0 radical (unpaired) electrons. The molecule has 2 heterocycles. The van der Waals surface area contributed by atoms with Crippen molar-refractivity contribution in [1.82, 2.24) is 9.55 Å². The van der Waals surface area contributed by atoms with Crippen LogP contribution in [0, 0.1) is 6.92 Å². The van der Waals surface area contributed by atoms with Crippen LogP contribution in [0.25, 0.3) is 10.1 Å². The van der Waals surface area contributed by atoms with Crippen molar-refractivity contribution in [2.75, 3.05) is 0 Å². The van der Waals surface area contributed by atoms with E-state index in [1.54, 1.807) is 11.3 Å². The first-order valence-corrected chi connectivity index (χ1v) is 8.53. The smallest absolute Gasteiger partial charge is 0.177 e. The third-order valence-corrected chi connectivity index (χ3v) is 5.43. The molecule has 2 nitrogen and oxygen atoms in total. The Bertz CT molecular complexity index is 776. The summed E-state index contributed by atoms with van der Waals surface area (Å²) in [6, 6.07) is 6.07. The summed E-state index contributed by atoms with van der Waals surface area (Å²) in [6.07, 6.45) is 0.972. The molecule has 0 unspecified atom stereocenters. The van der Waals surface area contributed by atoms with E-state index < -0.39 is 0 Å². The number of hydrogen-bond acceptors (Lipinski definition) is 2. The Balaban J connectivity index is 2.10. The zero-order chi connectivity index (χ0) is 14.3. The van der Waals surface area contributed by atoms with Gasteiger partial charge in [-0.25, -0.2) is 4.98 Å². The highest BCUT2D eigenvalue weighted by Gasteiger charge is 2.14. The van der Waals surface area contributed by atoms with Gasteiger partial charge in [-0.3, -0.25) is 0 Å². The first-order valence-electron chi connectivity index (χ1n) is 6.48. The summed E-state index contributed by atoms with van der Waals surface area (Å²) < 4.78 is 4.34. The Morgan fingerprint density at radius 1 is 1.40 bits per heavy atom. The third kappa shape index (κ3) is 2.30. The molecule has 0 N–H and O–H groups in total. The van der Waals surface area contributed by atoms with Crippen LogP contribution in [0.5, 0.6) is 0 Å². The Labute approximate surface area is 135 Å². The van der Waals surface area contributed by atoms with Gasteiger partial charge in [0.2, 0.25) is 0 Å². The van der Waals surface area contributed by atoms with E-state index in [1.807, 2.05) is 12.1 Å². The lowest BCUT2D eigenvalue weighted by Gasteiger charge is -2.09. The molecule has 0 spiro atoms. The van der Waals surface area contributed by atoms with Gasteiger partial charge < -0.3 is 4.57 Å². The van der Waals surface area contributed by atoms with Crippen molar-refractivity contribution >= 4 is 49.0 Å². The molecule has 104 valence electrons. The van der Waals surface area contributed by atoms with Crippen molar-refractivity contribution in [3.05, 3.63) is 50.3 Å². The van der Waals surface area contributed by atoms with Crippen LogP contribution >= 0.6 is 38.9 Å². The molecule has 0 saturated heterocycles. The summed E-state index contributed by atoms with van der Waals surface area (Å²) in [5.41, 5.74) is 3.61. The SMILES string of the molecule is CCc1c(C)nc(Br)n1Cc1csc2cccc(Cl)c12. The molecule has 0 aliphatic rings. The zero-order valence-electron chi connectivity index (χ0n) is 11.3. The molecule has 20 heavy (non-hydrogen) atoms. The highest BCUT2D eigenvalue weighted by atomic mass is 79.9. The molecule has 0 atom stereocenters. The van der Waals surface area contributed by atoms with Crippen molar-refractivity contribution in [3.63, 3.8) is 0 Å². The maximum atomic E-state index is 6.36. The fraction of sp³-hybridized carbons (Fsp3) is 0.267. The van der Waals surface area contributed by atoms with Gasteiger partial charge in [0.15, 0.2) is 4.73 Å². The molecule has 0 saturated carbocycles. The first-order chi connectivity index (χ1) is 9.61. The maximum Gasteiger partial charge on any atom is 0.177 e. The summed E-state index contributed by atoms with van der Waals surface area (Å²) in [6.45, 7) is 5.01. The number of rotatable bonds is 3. The van der Waals surface area contributed by atoms with Crippen LogP contribution < -0.4 is 0 Å². The third-order valence-electron chi connectivity index (χ3n) is 3.51. The number of fused-ring (bicyclic) bond motifs is 1. The lowest BCUT2D eigenvalue weighted by Crippen LogP contribution is -2.04. The topological polar surface area (TPSA) is 17.8 Å². The molecular weight excluding hydrogens is 356 g/mol. The highest BCUT2D eigenvalue weighted by molar-refractivity contribution is 9.10. The van der Waals surface area contributed by atoms with Crippen molar-refractivity contribution in [2.24, 2.45) is 0 Å². The van der Waals surface area contributed by atoms with E-state index in [9.17, 15) is 0 Å². The summed E-state index contributed by atoms with van der Waals surface area (Å²) >= 11 is 11.7. The fourth-order valence-corrected chi connectivity index (χ4v) is 4.51. The van der Waals surface area contributed by atoms with Gasteiger partial charge in [-0.2, -0.15) is 0 Å². The van der Waals surface area contributed by atoms with E-state index in [4.69, 9.17) is 11.6 Å². The van der Waals surface area contributed by atoms with Gasteiger partial charge in [0.25, 0.3) is 0 Å². The summed E-state index contributed by atoms with van der Waals surface area (Å²) in [5.74, 6) is 0. The van der Waals surface area contributed by atoms with Crippen molar-refractivity contribution in [3.8, 4) is 0 Å². The summed E-state index contributed by atoms with van der Waals surface area (Å²) in [4.78, 5) is 4.51. The molecule has 0 aliphatic heterocycles. The second-order valence-electron chi connectivity index (χ2n) is 4.73. The molecule has 3 aromatic rings.